The highest BCUT2D eigenvalue weighted by Gasteiger charge is 2.34. The van der Waals surface area contributed by atoms with Gasteiger partial charge in [0.1, 0.15) is 0 Å². The van der Waals surface area contributed by atoms with Crippen LogP contribution in [0.4, 0.5) is 0 Å². The maximum absolute atomic E-state index is 13.0. The van der Waals surface area contributed by atoms with Gasteiger partial charge in [0.05, 0.1) is 5.52 Å². The predicted molar refractivity (Wildman–Crippen MR) is 98.6 cm³/mol. The van der Waals surface area contributed by atoms with Crippen molar-refractivity contribution in [2.24, 2.45) is 0 Å². The Morgan fingerprint density at radius 3 is 2.67 bits per heavy atom. The average Bonchev–Trinajstić information content (AvgIpc) is 2.61. The summed E-state index contributed by atoms with van der Waals surface area (Å²) in [6.45, 7) is 0. The molecule has 116 valence electrons. The van der Waals surface area contributed by atoms with Crippen LogP contribution in [0, 0.1) is 0 Å². The van der Waals surface area contributed by atoms with E-state index in [1.165, 1.54) is 4.57 Å². The summed E-state index contributed by atoms with van der Waals surface area (Å²) in [7, 11) is 0. The Labute approximate surface area is 146 Å². The number of aromatic nitrogens is 1. The van der Waals surface area contributed by atoms with Gasteiger partial charge in [-0.25, -0.2) is 4.57 Å². The van der Waals surface area contributed by atoms with Gasteiger partial charge >= 0.3 is 0 Å². The second-order valence-corrected chi connectivity index (χ2v) is 7.14. The highest BCUT2D eigenvalue weighted by Crippen LogP contribution is 2.42. The summed E-state index contributed by atoms with van der Waals surface area (Å²) >= 11 is 3.60. The zero-order chi connectivity index (χ0) is 16.4. The molecule has 1 atom stereocenters. The number of halogens is 1. The van der Waals surface area contributed by atoms with Crippen LogP contribution in [0.5, 0.6) is 0 Å². The second kappa shape index (κ2) is 4.77. The van der Waals surface area contributed by atoms with E-state index in [2.05, 4.69) is 22.0 Å². The summed E-state index contributed by atoms with van der Waals surface area (Å²) in [6.07, 6.45) is 6.59. The minimum atomic E-state index is -0.236. The van der Waals surface area contributed by atoms with Crippen molar-refractivity contribution in [2.75, 3.05) is 0 Å². The molecular weight excluding hydrogens is 366 g/mol. The molecule has 0 saturated carbocycles. The summed E-state index contributed by atoms with van der Waals surface area (Å²) in [5.74, 6) is -0.178. The fourth-order valence-corrected chi connectivity index (χ4v) is 4.41. The first-order valence-electron chi connectivity index (χ1n) is 7.85. The van der Waals surface area contributed by atoms with Gasteiger partial charge in [0.15, 0.2) is 0 Å². The van der Waals surface area contributed by atoms with Gasteiger partial charge in [0.2, 0.25) is 0 Å². The molecule has 0 spiro atoms. The fraction of sp³-hybridized carbons (Fsp3) is 0.100. The number of nitrogens with zero attached hydrogens (tertiary/aromatic N) is 1. The molecule has 3 nitrogen and oxygen atoms in total. The van der Waals surface area contributed by atoms with E-state index < -0.39 is 0 Å². The summed E-state index contributed by atoms with van der Waals surface area (Å²) < 4.78 is 2.32. The molecule has 24 heavy (non-hydrogen) atoms. The number of pyridine rings is 1. The minimum absolute atomic E-state index is 0.0167. The maximum atomic E-state index is 13.0. The summed E-state index contributed by atoms with van der Waals surface area (Å²) in [6, 6.07) is 11.5. The molecule has 5 rings (SSSR count). The Hall–Kier alpha value is -2.46. The zero-order valence-corrected chi connectivity index (χ0v) is 14.2. The lowest BCUT2D eigenvalue weighted by Crippen LogP contribution is -2.34. The largest absolute Gasteiger partial charge is 0.269 e. The van der Waals surface area contributed by atoms with Crippen LogP contribution in [0.15, 0.2) is 69.5 Å². The average molecular weight is 378 g/mol. The van der Waals surface area contributed by atoms with Gasteiger partial charge in [0.25, 0.3) is 11.5 Å². The van der Waals surface area contributed by atoms with Crippen molar-refractivity contribution in [2.45, 2.75) is 12.3 Å². The second-order valence-electron chi connectivity index (χ2n) is 6.22. The first-order chi connectivity index (χ1) is 11.7. The third kappa shape index (κ3) is 1.66. The number of rotatable bonds is 0. The normalized spacial score (nSPS) is 18.8. The standard InChI is InChI=1S/C20H12BrNO2/c21-11-9-16-12-5-1-3-7-14(12)19(23)22-18(16)17(10-11)13-6-2-4-8-15(13)20(22)24/h1-5,7-10,13H,6H2. The smallest absolute Gasteiger partial charge is 0.265 e. The Balaban J connectivity index is 2.09. The van der Waals surface area contributed by atoms with Crippen molar-refractivity contribution in [3.8, 4) is 0 Å². The van der Waals surface area contributed by atoms with Crippen molar-refractivity contribution in [1.82, 2.24) is 4.57 Å². The molecule has 0 bridgehead atoms. The molecule has 1 unspecified atom stereocenters. The number of carbonyl (C=O) groups is 1. The number of allylic oxidation sites excluding steroid dienone is 4. The molecule has 0 fully saturated rings. The van der Waals surface area contributed by atoms with E-state index in [1.807, 2.05) is 42.5 Å². The van der Waals surface area contributed by atoms with E-state index in [0.29, 0.717) is 11.0 Å². The Morgan fingerprint density at radius 1 is 1.04 bits per heavy atom. The molecule has 3 aromatic rings. The van der Waals surface area contributed by atoms with Crippen LogP contribution < -0.4 is 5.56 Å². The van der Waals surface area contributed by atoms with Gasteiger partial charge in [-0.05, 0) is 35.6 Å². The maximum Gasteiger partial charge on any atom is 0.265 e. The van der Waals surface area contributed by atoms with Crippen molar-refractivity contribution < 1.29 is 4.79 Å². The van der Waals surface area contributed by atoms with E-state index in [4.69, 9.17) is 0 Å². The van der Waals surface area contributed by atoms with Crippen molar-refractivity contribution in [3.63, 3.8) is 0 Å². The highest BCUT2D eigenvalue weighted by atomic mass is 79.9. The highest BCUT2D eigenvalue weighted by molar-refractivity contribution is 9.10. The van der Waals surface area contributed by atoms with E-state index in [9.17, 15) is 9.59 Å². The number of benzene rings is 2. The van der Waals surface area contributed by atoms with Gasteiger partial charge in [-0.1, -0.05) is 52.4 Å². The molecule has 2 heterocycles. The first kappa shape index (κ1) is 13.9. The van der Waals surface area contributed by atoms with Crippen LogP contribution in [-0.4, -0.2) is 10.5 Å². The van der Waals surface area contributed by atoms with Gasteiger partial charge in [0, 0.05) is 26.7 Å². The number of hydrogen-bond acceptors (Lipinski definition) is 2. The van der Waals surface area contributed by atoms with E-state index in [-0.39, 0.29) is 17.4 Å². The van der Waals surface area contributed by atoms with Crippen LogP contribution in [0.3, 0.4) is 0 Å². The third-order valence-electron chi connectivity index (χ3n) is 4.96. The van der Waals surface area contributed by atoms with Gasteiger partial charge in [-0.3, -0.25) is 9.59 Å². The molecule has 0 amide bonds. The van der Waals surface area contributed by atoms with Crippen LogP contribution in [0.1, 0.15) is 22.7 Å². The SMILES string of the molecule is O=C1C2=CC=CCC2c2cc(Br)cc3c4ccccc4c(=O)n1c23. The lowest BCUT2D eigenvalue weighted by atomic mass is 9.81. The zero-order valence-electron chi connectivity index (χ0n) is 12.6. The van der Waals surface area contributed by atoms with Crippen LogP contribution >= 0.6 is 15.9 Å². The fourth-order valence-electron chi connectivity index (χ4n) is 3.93. The number of carbonyl (C=O) groups excluding carboxylic acids is 1. The molecule has 0 radical (unpaired) electrons. The summed E-state index contributed by atoms with van der Waals surface area (Å²) in [5.41, 5.74) is 2.25. The van der Waals surface area contributed by atoms with E-state index >= 15 is 0 Å². The van der Waals surface area contributed by atoms with Crippen molar-refractivity contribution >= 4 is 43.5 Å². The summed E-state index contributed by atoms with van der Waals surface area (Å²) in [4.78, 5) is 26.1. The monoisotopic (exact) mass is 377 g/mol. The van der Waals surface area contributed by atoms with Crippen LogP contribution in [0.2, 0.25) is 0 Å². The lowest BCUT2D eigenvalue weighted by Gasteiger charge is -2.29. The third-order valence-corrected chi connectivity index (χ3v) is 5.42. The van der Waals surface area contributed by atoms with E-state index in [0.717, 1.165) is 32.7 Å². The predicted octanol–water partition coefficient (Wildman–Crippen LogP) is 4.54. The van der Waals surface area contributed by atoms with Crippen LogP contribution in [-0.2, 0) is 0 Å². The molecule has 2 aliphatic rings. The van der Waals surface area contributed by atoms with E-state index in [1.54, 1.807) is 6.07 Å². The molecule has 0 saturated heterocycles. The number of hydrogen-bond donors (Lipinski definition) is 0. The van der Waals surface area contributed by atoms with Crippen molar-refractivity contribution in [3.05, 3.63) is 80.6 Å². The van der Waals surface area contributed by atoms with Crippen molar-refractivity contribution in [1.29, 1.82) is 0 Å². The molecule has 1 aliphatic carbocycles. The minimum Gasteiger partial charge on any atom is -0.269 e. The molecule has 2 aromatic carbocycles. The number of fused-ring (bicyclic) bond motifs is 4. The molecule has 4 heteroatoms. The Morgan fingerprint density at radius 2 is 1.83 bits per heavy atom. The van der Waals surface area contributed by atoms with Gasteiger partial charge < -0.3 is 0 Å². The summed E-state index contributed by atoms with van der Waals surface area (Å²) in [5, 5.41) is 2.41. The quantitative estimate of drug-likeness (QED) is 0.539. The van der Waals surface area contributed by atoms with Gasteiger partial charge in [-0.15, -0.1) is 0 Å². The first-order valence-corrected chi connectivity index (χ1v) is 8.64. The lowest BCUT2D eigenvalue weighted by molar-refractivity contribution is 0.0945. The topological polar surface area (TPSA) is 39.1 Å². The van der Waals surface area contributed by atoms with Gasteiger partial charge in [-0.2, -0.15) is 0 Å². The molecule has 1 aliphatic heterocycles. The Kier molecular flexibility index (Phi) is 2.77. The molecule has 0 N–H and O–H groups in total. The van der Waals surface area contributed by atoms with Crippen LogP contribution in [0.25, 0.3) is 21.7 Å². The molecule has 1 aromatic heterocycles. The molecular formula is C20H12BrNO2. The Bertz CT molecular complexity index is 1180.